The molecule has 3 unspecified atom stereocenters. The lowest BCUT2D eigenvalue weighted by Crippen LogP contribution is -2.55. The molecule has 0 radical (unpaired) electrons. The van der Waals surface area contributed by atoms with Crippen molar-refractivity contribution < 1.29 is 4.79 Å². The van der Waals surface area contributed by atoms with E-state index < -0.39 is 0 Å². The highest BCUT2D eigenvalue weighted by Gasteiger charge is 2.36. The minimum absolute atomic E-state index is 0. The van der Waals surface area contributed by atoms with Crippen LogP contribution in [0.15, 0.2) is 30.3 Å². The summed E-state index contributed by atoms with van der Waals surface area (Å²) in [6, 6.07) is 11.1. The van der Waals surface area contributed by atoms with Gasteiger partial charge in [-0.2, -0.15) is 0 Å². The third-order valence-corrected chi connectivity index (χ3v) is 6.28. The van der Waals surface area contributed by atoms with Crippen LogP contribution in [0.2, 0.25) is 0 Å². The molecule has 0 aliphatic carbocycles. The predicted octanol–water partition coefficient (Wildman–Crippen LogP) is 3.83. The predicted molar refractivity (Wildman–Crippen MR) is 121 cm³/mol. The van der Waals surface area contributed by atoms with E-state index in [-0.39, 0.29) is 24.8 Å². The fraction of sp³-hybridized carbons (Fsp3) is 0.682. The van der Waals surface area contributed by atoms with Crippen LogP contribution in [0.1, 0.15) is 38.7 Å². The highest BCUT2D eigenvalue weighted by atomic mass is 35.5. The molecule has 1 aromatic rings. The van der Waals surface area contributed by atoms with Gasteiger partial charge < -0.3 is 10.2 Å². The van der Waals surface area contributed by atoms with E-state index in [0.29, 0.717) is 36.1 Å². The van der Waals surface area contributed by atoms with Crippen molar-refractivity contribution in [2.24, 2.45) is 17.8 Å². The van der Waals surface area contributed by atoms with Crippen molar-refractivity contribution in [1.82, 2.24) is 15.1 Å². The van der Waals surface area contributed by atoms with Crippen LogP contribution < -0.4 is 5.32 Å². The van der Waals surface area contributed by atoms with Crippen LogP contribution in [0, 0.1) is 17.8 Å². The fourth-order valence-corrected chi connectivity index (χ4v) is 5.03. The van der Waals surface area contributed by atoms with Crippen LogP contribution in [0.4, 0.5) is 0 Å². The topological polar surface area (TPSA) is 35.6 Å². The smallest absolute Gasteiger partial charge is 0.222 e. The molecule has 2 heterocycles. The molecule has 2 aliphatic rings. The zero-order valence-electron chi connectivity index (χ0n) is 17.5. The Bertz CT molecular complexity index is 568. The number of nitrogens with zero attached hydrogens (tertiary/aromatic N) is 2. The van der Waals surface area contributed by atoms with Gasteiger partial charge in [-0.15, -0.1) is 24.8 Å². The minimum Gasteiger partial charge on any atom is -0.342 e. The molecular weight excluding hydrogens is 393 g/mol. The first kappa shape index (κ1) is 25.2. The van der Waals surface area contributed by atoms with E-state index in [9.17, 15) is 4.79 Å². The van der Waals surface area contributed by atoms with E-state index in [1.54, 1.807) is 0 Å². The molecule has 2 saturated heterocycles. The number of amides is 1. The molecule has 0 saturated carbocycles. The van der Waals surface area contributed by atoms with Crippen molar-refractivity contribution in [2.45, 2.75) is 45.7 Å². The highest BCUT2D eigenvalue weighted by Crippen LogP contribution is 2.28. The molecule has 2 fully saturated rings. The molecule has 1 N–H and O–H groups in total. The quantitative estimate of drug-likeness (QED) is 0.745. The first-order valence-electron chi connectivity index (χ1n) is 10.3. The molecule has 1 aromatic carbocycles. The van der Waals surface area contributed by atoms with Gasteiger partial charge in [0.25, 0.3) is 0 Å². The fourth-order valence-electron chi connectivity index (χ4n) is 5.03. The van der Waals surface area contributed by atoms with Gasteiger partial charge in [-0.3, -0.25) is 9.69 Å². The summed E-state index contributed by atoms with van der Waals surface area (Å²) < 4.78 is 0. The normalized spacial score (nSPS) is 27.5. The zero-order chi connectivity index (χ0) is 18.5. The Balaban J connectivity index is 0.00000196. The van der Waals surface area contributed by atoms with Crippen LogP contribution >= 0.6 is 24.8 Å². The van der Waals surface area contributed by atoms with Crippen molar-refractivity contribution in [2.75, 3.05) is 33.2 Å². The molecule has 0 spiro atoms. The largest absolute Gasteiger partial charge is 0.342 e. The minimum atomic E-state index is 0. The number of benzene rings is 1. The number of rotatable bonds is 6. The van der Waals surface area contributed by atoms with Gasteiger partial charge in [0.05, 0.1) is 0 Å². The number of hydrogen-bond acceptors (Lipinski definition) is 3. The summed E-state index contributed by atoms with van der Waals surface area (Å²) in [5.41, 5.74) is 1.37. The number of carbonyl (C=O) groups is 1. The Kier molecular flexibility index (Phi) is 10.8. The third kappa shape index (κ3) is 6.62. The third-order valence-electron chi connectivity index (χ3n) is 6.28. The maximum Gasteiger partial charge on any atom is 0.222 e. The molecule has 28 heavy (non-hydrogen) atoms. The lowest BCUT2D eigenvalue weighted by molar-refractivity contribution is -0.136. The van der Waals surface area contributed by atoms with Crippen LogP contribution in [0.5, 0.6) is 0 Å². The molecule has 160 valence electrons. The number of piperidine rings is 1. The molecule has 1 amide bonds. The second kappa shape index (κ2) is 12.0. The van der Waals surface area contributed by atoms with Gasteiger partial charge in [-0.1, -0.05) is 44.2 Å². The summed E-state index contributed by atoms with van der Waals surface area (Å²) in [5.74, 6) is 2.03. The van der Waals surface area contributed by atoms with Gasteiger partial charge in [0.15, 0.2) is 0 Å². The van der Waals surface area contributed by atoms with E-state index in [1.165, 1.54) is 12.0 Å². The Morgan fingerprint density at radius 3 is 2.36 bits per heavy atom. The van der Waals surface area contributed by atoms with Gasteiger partial charge in [0, 0.05) is 39.1 Å². The Morgan fingerprint density at radius 1 is 1.14 bits per heavy atom. The van der Waals surface area contributed by atoms with Gasteiger partial charge >= 0.3 is 0 Å². The monoisotopic (exact) mass is 429 g/mol. The Labute approximate surface area is 183 Å². The lowest BCUT2D eigenvalue weighted by Gasteiger charge is -2.45. The first-order chi connectivity index (χ1) is 12.5. The van der Waals surface area contributed by atoms with E-state index in [0.717, 1.165) is 39.1 Å². The Morgan fingerprint density at radius 2 is 1.79 bits per heavy atom. The molecule has 0 aromatic heterocycles. The number of carbonyl (C=O) groups excluding carboxylic acids is 1. The van der Waals surface area contributed by atoms with E-state index in [4.69, 9.17) is 0 Å². The van der Waals surface area contributed by atoms with Crippen molar-refractivity contribution >= 4 is 30.7 Å². The SMILES string of the molecule is CC1CN(Cc2ccccc2)CC(C)C1N(C)C(=O)CCC1CCNC1.Cl.Cl. The summed E-state index contributed by atoms with van der Waals surface area (Å²) in [6.45, 7) is 9.95. The molecule has 3 atom stereocenters. The second-order valence-electron chi connectivity index (χ2n) is 8.53. The second-order valence-corrected chi connectivity index (χ2v) is 8.53. The first-order valence-corrected chi connectivity index (χ1v) is 10.3. The van der Waals surface area contributed by atoms with Crippen LogP contribution in [0.25, 0.3) is 0 Å². The number of nitrogens with one attached hydrogen (secondary N) is 1. The van der Waals surface area contributed by atoms with Crippen molar-refractivity contribution in [3.63, 3.8) is 0 Å². The Hall–Kier alpha value is -0.810. The summed E-state index contributed by atoms with van der Waals surface area (Å²) in [6.07, 6.45) is 2.96. The van der Waals surface area contributed by atoms with Crippen LogP contribution in [-0.4, -0.2) is 55.0 Å². The zero-order valence-corrected chi connectivity index (χ0v) is 19.1. The molecule has 0 bridgehead atoms. The molecule has 6 heteroatoms. The summed E-state index contributed by atoms with van der Waals surface area (Å²) in [5, 5.41) is 3.40. The van der Waals surface area contributed by atoms with Crippen LogP contribution in [-0.2, 0) is 11.3 Å². The highest BCUT2D eigenvalue weighted by molar-refractivity contribution is 5.85. The van der Waals surface area contributed by atoms with Crippen LogP contribution in [0.3, 0.4) is 0 Å². The molecular formula is C22H37Cl2N3O. The molecule has 4 nitrogen and oxygen atoms in total. The number of halogens is 2. The van der Waals surface area contributed by atoms with Gasteiger partial charge in [-0.05, 0) is 49.2 Å². The summed E-state index contributed by atoms with van der Waals surface area (Å²) in [4.78, 5) is 17.4. The van der Waals surface area contributed by atoms with Gasteiger partial charge in [0.2, 0.25) is 5.91 Å². The number of hydrogen-bond donors (Lipinski definition) is 1. The molecule has 2 aliphatic heterocycles. The lowest BCUT2D eigenvalue weighted by atomic mass is 9.84. The standard InChI is InChI=1S/C22H35N3O.2ClH/c1-17-14-25(16-20-7-5-4-6-8-20)15-18(2)22(17)24(3)21(26)10-9-19-11-12-23-13-19;;/h4-8,17-19,22-23H,9-16H2,1-3H3;2*1H. The van der Waals surface area contributed by atoms with Crippen molar-refractivity contribution in [1.29, 1.82) is 0 Å². The van der Waals surface area contributed by atoms with Gasteiger partial charge in [-0.25, -0.2) is 0 Å². The molecule has 3 rings (SSSR count). The maximum absolute atomic E-state index is 12.8. The van der Waals surface area contributed by atoms with E-state index >= 15 is 0 Å². The van der Waals surface area contributed by atoms with Crippen molar-refractivity contribution in [3.8, 4) is 0 Å². The average Bonchev–Trinajstić information content (AvgIpc) is 3.13. The van der Waals surface area contributed by atoms with Gasteiger partial charge in [0.1, 0.15) is 0 Å². The van der Waals surface area contributed by atoms with Crippen molar-refractivity contribution in [3.05, 3.63) is 35.9 Å². The van der Waals surface area contributed by atoms with E-state index in [1.807, 2.05) is 7.05 Å². The summed E-state index contributed by atoms with van der Waals surface area (Å²) in [7, 11) is 2.03. The maximum atomic E-state index is 12.8. The number of likely N-dealkylation sites (tertiary alicyclic amines) is 1. The van der Waals surface area contributed by atoms with E-state index in [2.05, 4.69) is 59.3 Å². The average molecular weight is 430 g/mol. The summed E-state index contributed by atoms with van der Waals surface area (Å²) >= 11 is 0.